The number of methoxy groups -OCH3 is 1. The molecule has 7 nitrogen and oxygen atoms in total. The molecule has 0 aliphatic carbocycles. The summed E-state index contributed by atoms with van der Waals surface area (Å²) in [5.41, 5.74) is 3.66. The summed E-state index contributed by atoms with van der Waals surface area (Å²) < 4.78 is 5.30. The molecule has 1 aromatic heterocycles. The van der Waals surface area contributed by atoms with E-state index in [-0.39, 0.29) is 6.03 Å². The number of nitrogens with one attached hydrogen (secondary N) is 1. The fraction of sp³-hybridized carbons (Fsp3) is 0.261. The van der Waals surface area contributed by atoms with Crippen molar-refractivity contribution >= 4 is 29.1 Å². The second-order valence-electron chi connectivity index (χ2n) is 7.34. The molecule has 0 atom stereocenters. The first-order valence-corrected chi connectivity index (χ1v) is 10.5. The van der Waals surface area contributed by atoms with Gasteiger partial charge in [-0.05, 0) is 42.8 Å². The van der Waals surface area contributed by atoms with Gasteiger partial charge in [0, 0.05) is 36.8 Å². The second-order valence-corrected chi connectivity index (χ2v) is 7.78. The number of carbonyl (C=O) groups is 1. The van der Waals surface area contributed by atoms with Crippen LogP contribution in [0.3, 0.4) is 0 Å². The number of amides is 2. The monoisotopic (exact) mass is 437 g/mol. The minimum absolute atomic E-state index is 0.179. The quantitative estimate of drug-likeness (QED) is 0.652. The third-order valence-corrected chi connectivity index (χ3v) is 5.60. The van der Waals surface area contributed by atoms with Crippen molar-refractivity contribution in [3.05, 3.63) is 65.2 Å². The zero-order valence-electron chi connectivity index (χ0n) is 17.5. The van der Waals surface area contributed by atoms with Crippen molar-refractivity contribution in [2.45, 2.75) is 6.92 Å². The number of aryl methyl sites for hydroxylation is 1. The summed E-state index contributed by atoms with van der Waals surface area (Å²) in [5, 5.41) is 12.3. The van der Waals surface area contributed by atoms with Crippen LogP contribution in [0, 0.1) is 6.92 Å². The lowest BCUT2D eigenvalue weighted by Gasteiger charge is -2.35. The number of nitrogens with zero attached hydrogens (tertiary/aromatic N) is 4. The van der Waals surface area contributed by atoms with E-state index in [0.717, 1.165) is 17.1 Å². The molecule has 1 aliphatic rings. The Kier molecular flexibility index (Phi) is 6.23. The van der Waals surface area contributed by atoms with Gasteiger partial charge in [0.1, 0.15) is 5.75 Å². The first kappa shape index (κ1) is 20.9. The number of halogens is 1. The SMILES string of the molecule is COc1ccc(Cl)cc1NC(=O)N1CCN(c2ccc(-c3ccccc3C)nn2)CC1. The van der Waals surface area contributed by atoms with Gasteiger partial charge in [0.25, 0.3) is 0 Å². The number of aromatic nitrogens is 2. The molecule has 1 saturated heterocycles. The van der Waals surface area contributed by atoms with E-state index in [1.165, 1.54) is 5.56 Å². The Morgan fingerprint density at radius 1 is 1.03 bits per heavy atom. The van der Waals surface area contributed by atoms with Crippen molar-refractivity contribution in [1.82, 2.24) is 15.1 Å². The molecule has 0 saturated carbocycles. The van der Waals surface area contributed by atoms with Crippen LogP contribution >= 0.6 is 11.6 Å². The summed E-state index contributed by atoms with van der Waals surface area (Å²) in [4.78, 5) is 16.6. The summed E-state index contributed by atoms with van der Waals surface area (Å²) in [6.45, 7) is 4.58. The Morgan fingerprint density at radius 2 is 1.81 bits per heavy atom. The highest BCUT2D eigenvalue weighted by Crippen LogP contribution is 2.28. The number of carbonyl (C=O) groups excluding carboxylic acids is 1. The number of rotatable bonds is 4. The summed E-state index contributed by atoms with van der Waals surface area (Å²) in [6.07, 6.45) is 0. The molecule has 1 fully saturated rings. The van der Waals surface area contributed by atoms with Gasteiger partial charge >= 0.3 is 6.03 Å². The Morgan fingerprint density at radius 3 is 2.48 bits per heavy atom. The Hall–Kier alpha value is -3.32. The molecule has 0 unspecified atom stereocenters. The molecule has 2 amide bonds. The molecule has 1 aliphatic heterocycles. The van der Waals surface area contributed by atoms with Crippen molar-refractivity contribution < 1.29 is 9.53 Å². The van der Waals surface area contributed by atoms with E-state index >= 15 is 0 Å². The van der Waals surface area contributed by atoms with E-state index in [0.29, 0.717) is 42.6 Å². The minimum atomic E-state index is -0.179. The molecular formula is C23H24ClN5O2. The smallest absolute Gasteiger partial charge is 0.322 e. The number of anilines is 2. The van der Waals surface area contributed by atoms with Gasteiger partial charge in [0.05, 0.1) is 18.5 Å². The maximum atomic E-state index is 12.7. The van der Waals surface area contributed by atoms with E-state index in [2.05, 4.69) is 33.4 Å². The molecule has 2 heterocycles. The molecule has 31 heavy (non-hydrogen) atoms. The number of ether oxygens (including phenoxy) is 1. The van der Waals surface area contributed by atoms with Gasteiger partial charge < -0.3 is 19.9 Å². The maximum Gasteiger partial charge on any atom is 0.322 e. The van der Waals surface area contributed by atoms with Crippen LogP contribution in [0.15, 0.2) is 54.6 Å². The summed E-state index contributed by atoms with van der Waals surface area (Å²) in [7, 11) is 1.56. The number of hydrogen-bond donors (Lipinski definition) is 1. The fourth-order valence-corrected chi connectivity index (χ4v) is 3.78. The number of hydrogen-bond acceptors (Lipinski definition) is 5. The molecule has 0 bridgehead atoms. The Balaban J connectivity index is 1.37. The van der Waals surface area contributed by atoms with Gasteiger partial charge in [-0.2, -0.15) is 0 Å². The topological polar surface area (TPSA) is 70.6 Å². The van der Waals surface area contributed by atoms with Crippen LogP contribution in [0.1, 0.15) is 5.56 Å². The van der Waals surface area contributed by atoms with Gasteiger partial charge in [-0.3, -0.25) is 0 Å². The lowest BCUT2D eigenvalue weighted by atomic mass is 10.1. The van der Waals surface area contributed by atoms with E-state index in [1.807, 2.05) is 30.3 Å². The Bertz CT molecular complexity index is 1070. The number of urea groups is 1. The number of benzene rings is 2. The summed E-state index contributed by atoms with van der Waals surface area (Å²) >= 11 is 6.05. The van der Waals surface area contributed by atoms with Crippen LogP contribution in [-0.2, 0) is 0 Å². The average Bonchev–Trinajstić information content (AvgIpc) is 2.80. The largest absolute Gasteiger partial charge is 0.495 e. The minimum Gasteiger partial charge on any atom is -0.495 e. The third-order valence-electron chi connectivity index (χ3n) is 5.37. The molecule has 4 rings (SSSR count). The van der Waals surface area contributed by atoms with E-state index in [9.17, 15) is 4.79 Å². The van der Waals surface area contributed by atoms with Gasteiger partial charge in [-0.25, -0.2) is 4.79 Å². The molecular weight excluding hydrogens is 414 g/mol. The van der Waals surface area contributed by atoms with E-state index in [4.69, 9.17) is 16.3 Å². The van der Waals surface area contributed by atoms with Gasteiger partial charge in [0.2, 0.25) is 0 Å². The third kappa shape index (κ3) is 4.72. The standard InChI is InChI=1S/C23H24ClN5O2/c1-16-5-3-4-6-18(16)19-8-10-22(27-26-19)28-11-13-29(14-12-28)23(30)25-20-15-17(24)7-9-21(20)31-2/h3-10,15H,11-14H2,1-2H3,(H,25,30). The first-order chi connectivity index (χ1) is 15.0. The second kappa shape index (κ2) is 9.22. The van der Waals surface area contributed by atoms with E-state index < -0.39 is 0 Å². The predicted octanol–water partition coefficient (Wildman–Crippen LogP) is 4.47. The van der Waals surface area contributed by atoms with Gasteiger partial charge in [0.15, 0.2) is 5.82 Å². The highest BCUT2D eigenvalue weighted by Gasteiger charge is 2.23. The van der Waals surface area contributed by atoms with Crippen molar-refractivity contribution in [3.63, 3.8) is 0 Å². The van der Waals surface area contributed by atoms with Gasteiger partial charge in [-0.15, -0.1) is 10.2 Å². The molecule has 0 spiro atoms. The van der Waals surface area contributed by atoms with Crippen LogP contribution in [-0.4, -0.2) is 54.4 Å². The predicted molar refractivity (Wildman–Crippen MR) is 123 cm³/mol. The highest BCUT2D eigenvalue weighted by atomic mass is 35.5. The molecule has 3 aromatic rings. The first-order valence-electron chi connectivity index (χ1n) is 10.1. The van der Waals surface area contributed by atoms with Crippen LogP contribution in [0.4, 0.5) is 16.3 Å². The molecule has 0 radical (unpaired) electrons. The fourth-order valence-electron chi connectivity index (χ4n) is 3.61. The normalized spacial score (nSPS) is 13.8. The van der Waals surface area contributed by atoms with Crippen molar-refractivity contribution in [1.29, 1.82) is 0 Å². The van der Waals surface area contributed by atoms with Crippen molar-refractivity contribution in [3.8, 4) is 17.0 Å². The molecule has 8 heteroatoms. The maximum absolute atomic E-state index is 12.7. The zero-order valence-corrected chi connectivity index (χ0v) is 18.3. The summed E-state index contributed by atoms with van der Waals surface area (Å²) in [6, 6.07) is 17.1. The van der Waals surface area contributed by atoms with Crippen LogP contribution in [0.25, 0.3) is 11.3 Å². The highest BCUT2D eigenvalue weighted by molar-refractivity contribution is 6.31. The van der Waals surface area contributed by atoms with Crippen LogP contribution in [0.2, 0.25) is 5.02 Å². The van der Waals surface area contributed by atoms with Crippen molar-refractivity contribution in [2.75, 3.05) is 43.5 Å². The summed E-state index contributed by atoms with van der Waals surface area (Å²) in [5.74, 6) is 1.38. The molecule has 1 N–H and O–H groups in total. The zero-order chi connectivity index (χ0) is 21.8. The van der Waals surface area contributed by atoms with Crippen LogP contribution < -0.4 is 15.0 Å². The van der Waals surface area contributed by atoms with Crippen molar-refractivity contribution in [2.24, 2.45) is 0 Å². The van der Waals surface area contributed by atoms with Gasteiger partial charge in [-0.1, -0.05) is 35.9 Å². The lowest BCUT2D eigenvalue weighted by molar-refractivity contribution is 0.208. The average molecular weight is 438 g/mol. The van der Waals surface area contributed by atoms with E-state index in [1.54, 1.807) is 30.2 Å². The lowest BCUT2D eigenvalue weighted by Crippen LogP contribution is -2.50. The molecule has 160 valence electrons. The Labute approximate surface area is 186 Å². The number of piperazine rings is 1. The molecule has 2 aromatic carbocycles. The van der Waals surface area contributed by atoms with Crippen LogP contribution in [0.5, 0.6) is 5.75 Å².